The molecule has 1 aliphatic rings. The molecule has 0 saturated carbocycles. The van der Waals surface area contributed by atoms with Crippen LogP contribution in [0.5, 0.6) is 0 Å². The molecule has 0 amide bonds. The van der Waals surface area contributed by atoms with Crippen molar-refractivity contribution in [3.05, 3.63) is 11.2 Å². The number of thiazole rings is 1. The largest absolute Gasteiger partial charge is 0.378 e. The predicted molar refractivity (Wildman–Crippen MR) is 49.9 cm³/mol. The van der Waals surface area contributed by atoms with Crippen molar-refractivity contribution < 1.29 is 4.74 Å². The Labute approximate surface area is 80.4 Å². The zero-order chi connectivity index (χ0) is 9.10. The number of rotatable bonds is 1. The van der Waals surface area contributed by atoms with Gasteiger partial charge in [-0.1, -0.05) is 11.3 Å². The minimum atomic E-state index is 0.529. The van der Waals surface area contributed by atoms with E-state index in [-0.39, 0.29) is 0 Å². The third kappa shape index (κ3) is 1.79. The van der Waals surface area contributed by atoms with E-state index in [1.54, 1.807) is 6.20 Å². The second-order valence-corrected chi connectivity index (χ2v) is 3.72. The maximum absolute atomic E-state index is 8.60. The van der Waals surface area contributed by atoms with Crippen LogP contribution in [0, 0.1) is 11.3 Å². The molecule has 0 atom stereocenters. The standard InChI is InChI=1S/C8H9N3OS/c9-5-7-10-6-8(13-7)11-1-3-12-4-2-11/h6H,1-4H2. The number of nitrogens with zero attached hydrogens (tertiary/aromatic N) is 3. The van der Waals surface area contributed by atoms with Gasteiger partial charge in [0.2, 0.25) is 0 Å². The van der Waals surface area contributed by atoms with Gasteiger partial charge in [-0.2, -0.15) is 5.26 Å². The van der Waals surface area contributed by atoms with Crippen LogP contribution in [-0.4, -0.2) is 31.3 Å². The van der Waals surface area contributed by atoms with Crippen LogP contribution >= 0.6 is 11.3 Å². The fraction of sp³-hybridized carbons (Fsp3) is 0.500. The van der Waals surface area contributed by atoms with E-state index in [9.17, 15) is 0 Å². The molecule has 13 heavy (non-hydrogen) atoms. The molecule has 4 nitrogen and oxygen atoms in total. The maximum Gasteiger partial charge on any atom is 0.196 e. The summed E-state index contributed by atoms with van der Waals surface area (Å²) in [7, 11) is 0. The number of morpholine rings is 1. The molecule has 1 fully saturated rings. The zero-order valence-corrected chi connectivity index (χ0v) is 7.88. The predicted octanol–water partition coefficient (Wildman–Crippen LogP) is 0.851. The Balaban J connectivity index is 2.11. The van der Waals surface area contributed by atoms with Gasteiger partial charge >= 0.3 is 0 Å². The topological polar surface area (TPSA) is 49.2 Å². The highest BCUT2D eigenvalue weighted by atomic mass is 32.1. The van der Waals surface area contributed by atoms with Crippen molar-refractivity contribution >= 4 is 16.3 Å². The summed E-state index contributed by atoms with van der Waals surface area (Å²) in [5, 5.41) is 10.2. The summed E-state index contributed by atoms with van der Waals surface area (Å²) in [4.78, 5) is 6.18. The fourth-order valence-electron chi connectivity index (χ4n) is 1.25. The lowest BCUT2D eigenvalue weighted by molar-refractivity contribution is 0.123. The molecule has 2 heterocycles. The van der Waals surface area contributed by atoms with Crippen LogP contribution in [0.2, 0.25) is 0 Å². The Morgan fingerprint density at radius 1 is 1.54 bits per heavy atom. The molecule has 1 saturated heterocycles. The highest BCUT2D eigenvalue weighted by Crippen LogP contribution is 2.23. The smallest absolute Gasteiger partial charge is 0.196 e. The summed E-state index contributed by atoms with van der Waals surface area (Å²) in [6.45, 7) is 3.32. The first-order valence-electron chi connectivity index (χ1n) is 4.09. The first-order valence-corrected chi connectivity index (χ1v) is 4.90. The first kappa shape index (κ1) is 8.48. The van der Waals surface area contributed by atoms with E-state index >= 15 is 0 Å². The SMILES string of the molecule is N#Cc1ncc(N2CCOCC2)s1. The number of hydrogen-bond acceptors (Lipinski definition) is 5. The first-order chi connectivity index (χ1) is 6.40. The van der Waals surface area contributed by atoms with Crippen molar-refractivity contribution in [3.63, 3.8) is 0 Å². The average molecular weight is 195 g/mol. The van der Waals surface area contributed by atoms with E-state index < -0.39 is 0 Å². The molecule has 0 radical (unpaired) electrons. The zero-order valence-electron chi connectivity index (χ0n) is 7.06. The summed E-state index contributed by atoms with van der Waals surface area (Å²) < 4.78 is 5.23. The summed E-state index contributed by atoms with van der Waals surface area (Å²) in [6, 6.07) is 2.04. The van der Waals surface area contributed by atoms with Crippen LogP contribution < -0.4 is 4.90 Å². The maximum atomic E-state index is 8.60. The number of ether oxygens (including phenoxy) is 1. The van der Waals surface area contributed by atoms with Crippen LogP contribution in [0.4, 0.5) is 5.00 Å². The fourth-order valence-corrected chi connectivity index (χ4v) is 2.01. The van der Waals surface area contributed by atoms with Crippen molar-refractivity contribution in [2.24, 2.45) is 0 Å². The summed E-state index contributed by atoms with van der Waals surface area (Å²) in [5.41, 5.74) is 0. The third-order valence-corrected chi connectivity index (χ3v) is 2.87. The number of nitriles is 1. The van der Waals surface area contributed by atoms with Gasteiger partial charge in [0.05, 0.1) is 19.4 Å². The summed E-state index contributed by atoms with van der Waals surface area (Å²) in [6.07, 6.45) is 1.76. The molecule has 1 aliphatic heterocycles. The molecular weight excluding hydrogens is 186 g/mol. The van der Waals surface area contributed by atoms with Gasteiger partial charge in [-0.05, 0) is 0 Å². The highest BCUT2D eigenvalue weighted by Gasteiger charge is 2.13. The monoisotopic (exact) mass is 195 g/mol. The average Bonchev–Trinajstić information content (AvgIpc) is 2.67. The van der Waals surface area contributed by atoms with Crippen LogP contribution in [0.25, 0.3) is 0 Å². The summed E-state index contributed by atoms with van der Waals surface area (Å²) in [5.74, 6) is 0. The summed E-state index contributed by atoms with van der Waals surface area (Å²) >= 11 is 1.44. The highest BCUT2D eigenvalue weighted by molar-refractivity contribution is 7.16. The lowest BCUT2D eigenvalue weighted by atomic mass is 10.4. The molecule has 0 unspecified atom stereocenters. The van der Waals surface area contributed by atoms with Crippen LogP contribution in [0.3, 0.4) is 0 Å². The van der Waals surface area contributed by atoms with Gasteiger partial charge in [0.1, 0.15) is 11.1 Å². The second kappa shape index (κ2) is 3.73. The van der Waals surface area contributed by atoms with Crippen molar-refractivity contribution in [2.45, 2.75) is 0 Å². The molecule has 1 aromatic heterocycles. The molecule has 2 rings (SSSR count). The lowest BCUT2D eigenvalue weighted by Crippen LogP contribution is -2.35. The van der Waals surface area contributed by atoms with E-state index in [1.165, 1.54) is 11.3 Å². The van der Waals surface area contributed by atoms with Crippen molar-refractivity contribution in [1.82, 2.24) is 4.98 Å². The normalized spacial score (nSPS) is 17.0. The molecule has 0 spiro atoms. The molecule has 0 N–H and O–H groups in total. The van der Waals surface area contributed by atoms with E-state index in [1.807, 2.05) is 6.07 Å². The molecule has 1 aromatic rings. The van der Waals surface area contributed by atoms with Crippen molar-refractivity contribution in [3.8, 4) is 6.07 Å². The van der Waals surface area contributed by atoms with Gasteiger partial charge in [0.25, 0.3) is 0 Å². The van der Waals surface area contributed by atoms with Gasteiger partial charge in [0.15, 0.2) is 5.01 Å². The Morgan fingerprint density at radius 3 is 2.92 bits per heavy atom. The minimum Gasteiger partial charge on any atom is -0.378 e. The molecule has 0 bridgehead atoms. The van der Waals surface area contributed by atoms with E-state index in [0.717, 1.165) is 31.3 Å². The van der Waals surface area contributed by atoms with Crippen LogP contribution in [0.1, 0.15) is 5.01 Å². The quantitative estimate of drug-likeness (QED) is 0.666. The third-order valence-electron chi connectivity index (χ3n) is 1.91. The van der Waals surface area contributed by atoms with Crippen LogP contribution in [-0.2, 0) is 4.74 Å². The Hall–Kier alpha value is -1.12. The van der Waals surface area contributed by atoms with E-state index in [4.69, 9.17) is 10.00 Å². The lowest BCUT2D eigenvalue weighted by Gasteiger charge is -2.26. The molecule has 5 heteroatoms. The second-order valence-electron chi connectivity index (χ2n) is 2.71. The van der Waals surface area contributed by atoms with Gasteiger partial charge in [-0.25, -0.2) is 4.98 Å². The number of hydrogen-bond donors (Lipinski definition) is 0. The molecule has 0 aliphatic carbocycles. The van der Waals surface area contributed by atoms with Crippen LogP contribution in [0.15, 0.2) is 6.20 Å². The molecule has 68 valence electrons. The van der Waals surface area contributed by atoms with E-state index in [0.29, 0.717) is 5.01 Å². The molecular formula is C8H9N3OS. The minimum absolute atomic E-state index is 0.529. The molecule has 0 aromatic carbocycles. The van der Waals surface area contributed by atoms with Gasteiger partial charge in [-0.15, -0.1) is 0 Å². The van der Waals surface area contributed by atoms with Gasteiger partial charge in [0, 0.05) is 13.1 Å². The number of aromatic nitrogens is 1. The van der Waals surface area contributed by atoms with Crippen molar-refractivity contribution in [1.29, 1.82) is 5.26 Å². The van der Waals surface area contributed by atoms with E-state index in [2.05, 4.69) is 9.88 Å². The Kier molecular flexibility index (Phi) is 2.43. The van der Waals surface area contributed by atoms with Gasteiger partial charge in [-0.3, -0.25) is 0 Å². The number of anilines is 1. The van der Waals surface area contributed by atoms with Gasteiger partial charge < -0.3 is 9.64 Å². The Bertz CT molecular complexity index is 324. The Morgan fingerprint density at radius 2 is 2.31 bits per heavy atom. The van der Waals surface area contributed by atoms with Crippen molar-refractivity contribution in [2.75, 3.05) is 31.2 Å².